The molecule has 0 aliphatic rings. The average molecular weight is 300 g/mol. The van der Waals surface area contributed by atoms with Crippen molar-refractivity contribution in [3.05, 3.63) is 35.9 Å². The highest BCUT2D eigenvalue weighted by Crippen LogP contribution is 2.13. The Morgan fingerprint density at radius 3 is 2.40 bits per heavy atom. The van der Waals surface area contributed by atoms with Crippen LogP contribution in [0, 0.1) is 0 Å². The fraction of sp³-hybridized carbons (Fsp3) is 0.308. The molecule has 0 heterocycles. The molecule has 0 radical (unpaired) electrons. The van der Waals surface area contributed by atoms with E-state index in [1.165, 1.54) is 6.92 Å². The third kappa shape index (κ3) is 4.89. The Morgan fingerprint density at radius 1 is 1.30 bits per heavy atom. The van der Waals surface area contributed by atoms with Crippen LogP contribution in [0.25, 0.3) is 0 Å². The number of carboxylic acids is 1. The molecule has 0 bridgehead atoms. The van der Waals surface area contributed by atoms with E-state index in [-0.39, 0.29) is 6.61 Å². The van der Waals surface area contributed by atoms with E-state index in [4.69, 9.17) is 21.4 Å². The molecule has 1 aromatic rings. The Labute approximate surface area is 120 Å². The number of carbonyl (C=O) groups is 3. The zero-order valence-electron chi connectivity index (χ0n) is 10.8. The van der Waals surface area contributed by atoms with E-state index < -0.39 is 29.3 Å². The number of hydrogen-bond acceptors (Lipinski definition) is 4. The van der Waals surface area contributed by atoms with Gasteiger partial charge in [0, 0.05) is 0 Å². The van der Waals surface area contributed by atoms with Crippen molar-refractivity contribution in [1.29, 1.82) is 0 Å². The van der Waals surface area contributed by atoms with Crippen molar-refractivity contribution in [2.45, 2.75) is 25.5 Å². The quantitative estimate of drug-likeness (QED) is 0.783. The van der Waals surface area contributed by atoms with E-state index in [1.807, 2.05) is 6.07 Å². The van der Waals surface area contributed by atoms with Gasteiger partial charge in [0.2, 0.25) is 5.24 Å². The maximum atomic E-state index is 11.6. The van der Waals surface area contributed by atoms with Crippen LogP contribution in [0.5, 0.6) is 0 Å². The summed E-state index contributed by atoms with van der Waals surface area (Å²) < 4.78 is 4.89. The van der Waals surface area contributed by atoms with E-state index in [0.717, 1.165) is 5.56 Å². The summed E-state index contributed by atoms with van der Waals surface area (Å²) in [4.78, 5) is 33.5. The second-order valence-electron chi connectivity index (χ2n) is 4.36. The molecule has 0 saturated carbocycles. The molecular formula is C13H14ClNO5. The van der Waals surface area contributed by atoms with E-state index in [0.29, 0.717) is 0 Å². The fourth-order valence-electron chi connectivity index (χ4n) is 1.44. The van der Waals surface area contributed by atoms with Gasteiger partial charge < -0.3 is 15.2 Å². The first-order chi connectivity index (χ1) is 9.33. The molecule has 0 aliphatic carbocycles. The second-order valence-corrected chi connectivity index (χ2v) is 4.78. The summed E-state index contributed by atoms with van der Waals surface area (Å²) in [5.41, 5.74) is -1.04. The molecule has 0 saturated heterocycles. The SMILES string of the molecule is C[C@@](CC(=O)Cl)(NC(=O)OCc1ccccc1)C(=O)O. The number of alkyl carbamates (subject to hydrolysis) is 1. The van der Waals surface area contributed by atoms with Crippen LogP contribution in [0.2, 0.25) is 0 Å². The minimum Gasteiger partial charge on any atom is -0.479 e. The molecule has 1 atom stereocenters. The lowest BCUT2D eigenvalue weighted by Crippen LogP contribution is -2.53. The molecule has 20 heavy (non-hydrogen) atoms. The van der Waals surface area contributed by atoms with E-state index in [1.54, 1.807) is 24.3 Å². The number of halogens is 1. The standard InChI is InChI=1S/C13H14ClNO5/c1-13(11(17)18,7-10(14)16)15-12(19)20-8-9-5-3-2-4-6-9/h2-6H,7-8H2,1H3,(H,15,19)(H,17,18)/t13-/m0/s1. The van der Waals surface area contributed by atoms with Crippen LogP contribution in [-0.2, 0) is 20.9 Å². The maximum absolute atomic E-state index is 11.6. The molecule has 0 unspecified atom stereocenters. The van der Waals surface area contributed by atoms with Gasteiger partial charge in [0.05, 0.1) is 6.42 Å². The van der Waals surface area contributed by atoms with Gasteiger partial charge in [-0.05, 0) is 24.1 Å². The van der Waals surface area contributed by atoms with Crippen LogP contribution in [0.4, 0.5) is 4.79 Å². The number of rotatable bonds is 6. The maximum Gasteiger partial charge on any atom is 0.408 e. The van der Waals surface area contributed by atoms with Crippen molar-refractivity contribution in [3.63, 3.8) is 0 Å². The summed E-state index contributed by atoms with van der Waals surface area (Å²) >= 11 is 5.17. The Hall–Kier alpha value is -2.08. The van der Waals surface area contributed by atoms with Gasteiger partial charge >= 0.3 is 12.1 Å². The van der Waals surface area contributed by atoms with Crippen molar-refractivity contribution in [1.82, 2.24) is 5.32 Å². The van der Waals surface area contributed by atoms with Crippen LogP contribution >= 0.6 is 11.6 Å². The Balaban J connectivity index is 2.59. The molecule has 0 fully saturated rings. The molecule has 6 nitrogen and oxygen atoms in total. The van der Waals surface area contributed by atoms with E-state index in [9.17, 15) is 14.4 Å². The molecule has 0 aliphatic heterocycles. The molecule has 0 spiro atoms. The number of ether oxygens (including phenoxy) is 1. The molecule has 0 aromatic heterocycles. The van der Waals surface area contributed by atoms with Crippen LogP contribution < -0.4 is 5.32 Å². The van der Waals surface area contributed by atoms with Crippen molar-refractivity contribution < 1.29 is 24.2 Å². The number of hydrogen-bond donors (Lipinski definition) is 2. The molecule has 2 N–H and O–H groups in total. The van der Waals surface area contributed by atoms with Crippen molar-refractivity contribution in [2.24, 2.45) is 0 Å². The minimum absolute atomic E-state index is 0.00278. The molecular weight excluding hydrogens is 286 g/mol. The summed E-state index contributed by atoms with van der Waals surface area (Å²) in [5, 5.41) is 10.3. The minimum atomic E-state index is -1.80. The zero-order valence-corrected chi connectivity index (χ0v) is 11.5. The topological polar surface area (TPSA) is 92.7 Å². The summed E-state index contributed by atoms with van der Waals surface area (Å²) in [6.07, 6.45) is -1.47. The second kappa shape index (κ2) is 6.91. The first-order valence-corrected chi connectivity index (χ1v) is 6.12. The lowest BCUT2D eigenvalue weighted by atomic mass is 9.99. The van der Waals surface area contributed by atoms with Crippen LogP contribution in [0.15, 0.2) is 30.3 Å². The Bertz CT molecular complexity index is 505. The highest BCUT2D eigenvalue weighted by molar-refractivity contribution is 6.63. The van der Waals surface area contributed by atoms with Gasteiger partial charge in [-0.15, -0.1) is 0 Å². The summed E-state index contributed by atoms with van der Waals surface area (Å²) in [5.74, 6) is -1.37. The first-order valence-electron chi connectivity index (χ1n) is 5.74. The van der Waals surface area contributed by atoms with Gasteiger partial charge in [-0.3, -0.25) is 4.79 Å². The predicted molar refractivity (Wildman–Crippen MR) is 71.3 cm³/mol. The van der Waals surface area contributed by atoms with Gasteiger partial charge in [0.1, 0.15) is 12.1 Å². The number of aliphatic carboxylic acids is 1. The highest BCUT2D eigenvalue weighted by Gasteiger charge is 2.37. The fourth-order valence-corrected chi connectivity index (χ4v) is 1.70. The van der Waals surface area contributed by atoms with Crippen LogP contribution in [-0.4, -0.2) is 28.0 Å². The highest BCUT2D eigenvalue weighted by atomic mass is 35.5. The monoisotopic (exact) mass is 299 g/mol. The molecule has 1 aromatic carbocycles. The number of carbonyl (C=O) groups excluding carboxylic acids is 2. The van der Waals surface area contributed by atoms with Gasteiger partial charge in [0.15, 0.2) is 0 Å². The van der Waals surface area contributed by atoms with Gasteiger partial charge in [-0.2, -0.15) is 0 Å². The Morgan fingerprint density at radius 2 is 1.90 bits per heavy atom. The first kappa shape index (κ1) is 16.0. The van der Waals surface area contributed by atoms with Crippen molar-refractivity contribution >= 4 is 28.9 Å². The third-order valence-corrected chi connectivity index (χ3v) is 2.69. The van der Waals surface area contributed by atoms with E-state index in [2.05, 4.69) is 5.32 Å². The normalized spacial score (nSPS) is 13.1. The smallest absolute Gasteiger partial charge is 0.408 e. The molecule has 1 rings (SSSR count). The summed E-state index contributed by atoms with van der Waals surface area (Å²) in [6, 6.07) is 8.89. The summed E-state index contributed by atoms with van der Waals surface area (Å²) in [7, 11) is 0. The number of nitrogens with one attached hydrogen (secondary N) is 1. The third-order valence-electron chi connectivity index (χ3n) is 2.56. The van der Waals surface area contributed by atoms with Gasteiger partial charge in [-0.25, -0.2) is 9.59 Å². The largest absolute Gasteiger partial charge is 0.479 e. The van der Waals surface area contributed by atoms with Crippen molar-refractivity contribution in [2.75, 3.05) is 0 Å². The van der Waals surface area contributed by atoms with Crippen molar-refractivity contribution in [3.8, 4) is 0 Å². The summed E-state index contributed by atoms with van der Waals surface area (Å²) in [6.45, 7) is 1.18. The lowest BCUT2D eigenvalue weighted by Gasteiger charge is -2.24. The van der Waals surface area contributed by atoms with Crippen LogP contribution in [0.1, 0.15) is 18.9 Å². The zero-order chi connectivity index (χ0) is 15.2. The molecule has 1 amide bonds. The lowest BCUT2D eigenvalue weighted by molar-refractivity contribution is -0.145. The predicted octanol–water partition coefficient (Wildman–Crippen LogP) is 1.91. The molecule has 108 valence electrons. The number of amides is 1. The number of benzene rings is 1. The van der Waals surface area contributed by atoms with E-state index >= 15 is 0 Å². The number of carboxylic acid groups (broad SMARTS) is 1. The molecule has 7 heteroatoms. The van der Waals surface area contributed by atoms with Gasteiger partial charge in [-0.1, -0.05) is 30.3 Å². The Kier molecular flexibility index (Phi) is 5.52. The average Bonchev–Trinajstić information content (AvgIpc) is 2.36. The van der Waals surface area contributed by atoms with Crippen LogP contribution in [0.3, 0.4) is 0 Å². The van der Waals surface area contributed by atoms with Gasteiger partial charge in [0.25, 0.3) is 0 Å².